The fraction of sp³-hybridized carbons (Fsp3) is 0.118. The van der Waals surface area contributed by atoms with Crippen molar-refractivity contribution in [2.75, 3.05) is 17.3 Å². The number of nitrogens with one attached hydrogen (secondary N) is 2. The van der Waals surface area contributed by atoms with Crippen molar-refractivity contribution in [3.63, 3.8) is 0 Å². The van der Waals surface area contributed by atoms with E-state index in [0.29, 0.717) is 5.69 Å². The molecular formula is C17H14F3N5O4S2. The molecule has 3 rings (SSSR count). The number of alkyl halides is 3. The van der Waals surface area contributed by atoms with Gasteiger partial charge in [0.05, 0.1) is 11.4 Å². The fourth-order valence-corrected chi connectivity index (χ4v) is 3.61. The van der Waals surface area contributed by atoms with Gasteiger partial charge in [-0.3, -0.25) is 10.2 Å². The van der Waals surface area contributed by atoms with Gasteiger partial charge in [-0.1, -0.05) is 12.1 Å². The van der Waals surface area contributed by atoms with Gasteiger partial charge in [-0.2, -0.15) is 5.10 Å². The summed E-state index contributed by atoms with van der Waals surface area (Å²) in [6, 6.07) is 9.06. The number of anilines is 2. The van der Waals surface area contributed by atoms with E-state index in [0.717, 1.165) is 12.1 Å². The van der Waals surface area contributed by atoms with Crippen LogP contribution >= 0.6 is 12.2 Å². The Balaban J connectivity index is 1.85. The van der Waals surface area contributed by atoms with Crippen LogP contribution in [0.5, 0.6) is 5.75 Å². The highest BCUT2D eigenvalue weighted by molar-refractivity contribution is 7.89. The van der Waals surface area contributed by atoms with Crippen LogP contribution in [0.15, 0.2) is 52.5 Å². The number of thiocarbonyl (C=S) groups is 1. The van der Waals surface area contributed by atoms with Crippen LogP contribution in [0, 0.1) is 0 Å². The molecule has 1 aliphatic heterocycles. The second kappa shape index (κ2) is 8.13. The monoisotopic (exact) mass is 473 g/mol. The number of fused-ring (bicyclic) bond motifs is 1. The first kappa shape index (κ1) is 22.5. The Kier molecular flexibility index (Phi) is 5.89. The summed E-state index contributed by atoms with van der Waals surface area (Å²) in [6.07, 6.45) is -4.90. The predicted molar refractivity (Wildman–Crippen MR) is 110 cm³/mol. The lowest BCUT2D eigenvalue weighted by Crippen LogP contribution is -2.30. The fourth-order valence-electron chi connectivity index (χ4n) is 2.76. The number of benzene rings is 2. The number of hydrogen-bond donors (Lipinski definition) is 3. The van der Waals surface area contributed by atoms with Crippen molar-refractivity contribution in [1.29, 1.82) is 0 Å². The second-order valence-corrected chi connectivity index (χ2v) is 8.10. The van der Waals surface area contributed by atoms with Gasteiger partial charge in [-0.05, 0) is 42.5 Å². The van der Waals surface area contributed by atoms with E-state index < -0.39 is 28.0 Å². The van der Waals surface area contributed by atoms with E-state index in [1.165, 1.54) is 36.2 Å². The Labute approximate surface area is 179 Å². The number of hydrazone groups is 1. The van der Waals surface area contributed by atoms with E-state index >= 15 is 0 Å². The van der Waals surface area contributed by atoms with Crippen LogP contribution in [0.2, 0.25) is 0 Å². The zero-order chi connectivity index (χ0) is 23.0. The van der Waals surface area contributed by atoms with Gasteiger partial charge in [0.2, 0.25) is 10.0 Å². The molecule has 0 aromatic heterocycles. The number of halogens is 3. The standard InChI is InChI=1S/C17H14F3N5O4S2/c1-25-12-7-6-9(29-17(18,19)20)8-10(12)14(15(25)26)23-24-16(30)22-11-4-2-3-5-13(11)31(21,27)28/h2-8H,1H3,(H2,21,27,28)(H2,22,24,30). The minimum Gasteiger partial charge on any atom is -0.406 e. The van der Waals surface area contributed by atoms with Crippen molar-refractivity contribution in [3.05, 3.63) is 48.0 Å². The molecule has 0 bridgehead atoms. The average Bonchev–Trinajstić information content (AvgIpc) is 2.88. The molecule has 0 atom stereocenters. The number of nitrogens with two attached hydrogens (primary N) is 1. The molecule has 2 aromatic carbocycles. The Bertz CT molecular complexity index is 1200. The van der Waals surface area contributed by atoms with Gasteiger partial charge in [0, 0.05) is 12.6 Å². The molecule has 0 fully saturated rings. The first-order valence-electron chi connectivity index (χ1n) is 8.31. The summed E-state index contributed by atoms with van der Waals surface area (Å²) in [5, 5.41) is 11.4. The average molecular weight is 473 g/mol. The molecule has 0 radical (unpaired) electrons. The number of ether oxygens (including phenoxy) is 1. The van der Waals surface area contributed by atoms with E-state index in [-0.39, 0.29) is 27.0 Å². The molecule has 0 saturated carbocycles. The Morgan fingerprint density at radius 2 is 1.90 bits per heavy atom. The van der Waals surface area contributed by atoms with Gasteiger partial charge < -0.3 is 15.0 Å². The molecule has 14 heteroatoms. The smallest absolute Gasteiger partial charge is 0.406 e. The molecule has 0 spiro atoms. The largest absolute Gasteiger partial charge is 0.573 e. The molecule has 1 aliphatic rings. The van der Waals surface area contributed by atoms with Crippen molar-refractivity contribution in [1.82, 2.24) is 5.43 Å². The number of para-hydroxylation sites is 1. The quantitative estimate of drug-likeness (QED) is 0.457. The van der Waals surface area contributed by atoms with Crippen LogP contribution in [-0.4, -0.2) is 38.6 Å². The van der Waals surface area contributed by atoms with Crippen LogP contribution in [0.3, 0.4) is 0 Å². The molecular weight excluding hydrogens is 459 g/mol. The van der Waals surface area contributed by atoms with Crippen LogP contribution in [0.1, 0.15) is 5.56 Å². The van der Waals surface area contributed by atoms with Gasteiger partial charge in [-0.25, -0.2) is 13.6 Å². The number of primary sulfonamides is 1. The summed E-state index contributed by atoms with van der Waals surface area (Å²) in [6.45, 7) is 0. The number of sulfonamides is 1. The van der Waals surface area contributed by atoms with Crippen molar-refractivity contribution in [2.45, 2.75) is 11.3 Å². The van der Waals surface area contributed by atoms with Gasteiger partial charge >= 0.3 is 6.36 Å². The topological polar surface area (TPSA) is 126 Å². The minimum absolute atomic E-state index is 0.0684. The predicted octanol–water partition coefficient (Wildman–Crippen LogP) is 1.90. The first-order valence-corrected chi connectivity index (χ1v) is 10.3. The number of carbonyl (C=O) groups excluding carboxylic acids is 1. The summed E-state index contributed by atoms with van der Waals surface area (Å²) < 4.78 is 64.7. The number of likely N-dealkylation sites (N-methyl/N-ethyl adjacent to an activating group) is 1. The van der Waals surface area contributed by atoms with Gasteiger partial charge in [0.1, 0.15) is 10.6 Å². The normalized spacial score (nSPS) is 15.1. The lowest BCUT2D eigenvalue weighted by Gasteiger charge is -2.11. The third-order valence-corrected chi connectivity index (χ3v) is 5.20. The van der Waals surface area contributed by atoms with Crippen molar-refractivity contribution < 1.29 is 31.1 Å². The van der Waals surface area contributed by atoms with E-state index in [9.17, 15) is 26.4 Å². The summed E-state index contributed by atoms with van der Waals surface area (Å²) in [7, 11) is -2.61. The lowest BCUT2D eigenvalue weighted by molar-refractivity contribution is -0.274. The molecule has 4 N–H and O–H groups in total. The van der Waals surface area contributed by atoms with Crippen LogP contribution in [0.25, 0.3) is 0 Å². The van der Waals surface area contributed by atoms with Gasteiger partial charge in [0.25, 0.3) is 5.91 Å². The SMILES string of the molecule is CN1C(=O)C(=NNC(=S)Nc2ccccc2S(N)(=O)=O)c2cc(OC(F)(F)F)ccc21. The Morgan fingerprint density at radius 1 is 1.23 bits per heavy atom. The van der Waals surface area contributed by atoms with E-state index in [4.69, 9.17) is 17.4 Å². The van der Waals surface area contributed by atoms with Crippen LogP contribution in [-0.2, 0) is 14.8 Å². The molecule has 2 aromatic rings. The van der Waals surface area contributed by atoms with E-state index in [1.54, 1.807) is 6.07 Å². The molecule has 164 valence electrons. The van der Waals surface area contributed by atoms with Gasteiger partial charge in [-0.15, -0.1) is 13.2 Å². The number of hydrogen-bond acceptors (Lipinski definition) is 6. The molecule has 0 aliphatic carbocycles. The lowest BCUT2D eigenvalue weighted by atomic mass is 10.1. The highest BCUT2D eigenvalue weighted by atomic mass is 32.2. The third-order valence-electron chi connectivity index (χ3n) is 4.04. The molecule has 1 heterocycles. The molecule has 0 saturated heterocycles. The highest BCUT2D eigenvalue weighted by Crippen LogP contribution is 2.33. The van der Waals surface area contributed by atoms with Crippen molar-refractivity contribution in [2.24, 2.45) is 10.2 Å². The second-order valence-electron chi connectivity index (χ2n) is 6.16. The minimum atomic E-state index is -4.90. The maximum atomic E-state index is 12.5. The zero-order valence-electron chi connectivity index (χ0n) is 15.6. The molecule has 1 amide bonds. The summed E-state index contributed by atoms with van der Waals surface area (Å²) >= 11 is 5.05. The third kappa shape index (κ3) is 5.10. The van der Waals surface area contributed by atoms with E-state index in [2.05, 4.69) is 20.6 Å². The van der Waals surface area contributed by atoms with E-state index in [1.807, 2.05) is 0 Å². The maximum absolute atomic E-state index is 12.5. The Morgan fingerprint density at radius 3 is 2.55 bits per heavy atom. The van der Waals surface area contributed by atoms with Gasteiger partial charge in [0.15, 0.2) is 10.8 Å². The highest BCUT2D eigenvalue weighted by Gasteiger charge is 2.35. The maximum Gasteiger partial charge on any atom is 0.573 e. The number of carbonyl (C=O) groups is 1. The number of amides is 1. The van der Waals surface area contributed by atoms with Crippen LogP contribution < -0.4 is 25.5 Å². The molecule has 31 heavy (non-hydrogen) atoms. The summed E-state index contributed by atoms with van der Waals surface area (Å²) in [4.78, 5) is 13.4. The summed E-state index contributed by atoms with van der Waals surface area (Å²) in [5.41, 5.74) is 2.64. The summed E-state index contributed by atoms with van der Waals surface area (Å²) in [5.74, 6) is -1.12. The van der Waals surface area contributed by atoms with Crippen molar-refractivity contribution in [3.8, 4) is 5.75 Å². The van der Waals surface area contributed by atoms with Crippen LogP contribution in [0.4, 0.5) is 24.5 Å². The molecule has 0 unspecified atom stereocenters. The Hall–Kier alpha value is -3.23. The molecule has 9 nitrogen and oxygen atoms in total. The number of nitrogens with zero attached hydrogens (tertiary/aromatic N) is 2. The number of rotatable bonds is 4. The zero-order valence-corrected chi connectivity index (χ0v) is 17.2. The first-order chi connectivity index (χ1) is 14.4. The van der Waals surface area contributed by atoms with Crippen molar-refractivity contribution >= 4 is 50.3 Å².